The first-order chi connectivity index (χ1) is 13.0. The first-order valence-corrected chi connectivity index (χ1v) is 9.49. The number of unbranched alkanes of at least 4 members (excludes halogenated alkanes) is 2. The molecular formula is C21H33NO5. The highest BCUT2D eigenvalue weighted by molar-refractivity contribution is 6.27. The lowest BCUT2D eigenvalue weighted by molar-refractivity contribution is -0.159. The van der Waals surface area contributed by atoms with Crippen LogP contribution in [0.2, 0.25) is 0 Å². The monoisotopic (exact) mass is 379 g/mol. The van der Waals surface area contributed by atoms with Gasteiger partial charge in [0.25, 0.3) is 0 Å². The lowest BCUT2D eigenvalue weighted by atomic mass is 10.2. The fourth-order valence-electron chi connectivity index (χ4n) is 2.19. The number of carboxylic acid groups (broad SMARTS) is 2. The largest absolute Gasteiger partial charge is 0.473 e. The maximum Gasteiger partial charge on any atom is 0.414 e. The Bertz CT molecular complexity index is 511. The van der Waals surface area contributed by atoms with E-state index in [9.17, 15) is 0 Å². The van der Waals surface area contributed by atoms with Crippen molar-refractivity contribution in [1.82, 2.24) is 4.90 Å². The molecule has 0 amide bonds. The molecule has 0 bridgehead atoms. The summed E-state index contributed by atoms with van der Waals surface area (Å²) in [6.07, 6.45) is 9.32. The number of ether oxygens (including phenoxy) is 1. The van der Waals surface area contributed by atoms with Crippen molar-refractivity contribution in [3.63, 3.8) is 0 Å². The average molecular weight is 379 g/mol. The van der Waals surface area contributed by atoms with Crippen molar-refractivity contribution >= 4 is 18.0 Å². The van der Waals surface area contributed by atoms with Crippen molar-refractivity contribution in [2.45, 2.75) is 39.5 Å². The summed E-state index contributed by atoms with van der Waals surface area (Å²) in [6.45, 7) is 9.50. The molecule has 6 nitrogen and oxygen atoms in total. The third-order valence-electron chi connectivity index (χ3n) is 3.71. The second-order valence-corrected chi connectivity index (χ2v) is 6.05. The maximum absolute atomic E-state index is 9.10. The highest BCUT2D eigenvalue weighted by Crippen LogP contribution is 2.01. The summed E-state index contributed by atoms with van der Waals surface area (Å²) < 4.78 is 5.72. The molecule has 2 N–H and O–H groups in total. The van der Waals surface area contributed by atoms with Gasteiger partial charge in [-0.1, -0.05) is 69.2 Å². The summed E-state index contributed by atoms with van der Waals surface area (Å²) in [5.74, 6) is -3.65. The summed E-state index contributed by atoms with van der Waals surface area (Å²) >= 11 is 0. The van der Waals surface area contributed by atoms with E-state index in [-0.39, 0.29) is 0 Å². The van der Waals surface area contributed by atoms with Gasteiger partial charge >= 0.3 is 11.9 Å². The van der Waals surface area contributed by atoms with Crippen molar-refractivity contribution in [3.05, 3.63) is 42.0 Å². The Morgan fingerprint density at radius 1 is 0.963 bits per heavy atom. The molecule has 1 rings (SSSR count). The van der Waals surface area contributed by atoms with Crippen LogP contribution in [0.15, 0.2) is 36.4 Å². The molecule has 0 unspecified atom stereocenters. The predicted octanol–water partition coefficient (Wildman–Crippen LogP) is 3.77. The average Bonchev–Trinajstić information content (AvgIpc) is 2.67. The molecule has 152 valence electrons. The van der Waals surface area contributed by atoms with E-state index in [1.54, 1.807) is 0 Å². The Labute approximate surface area is 162 Å². The SMILES string of the molecule is CCCCN(CCCC)CCOC/C=C/c1ccccc1.O=C(O)C(=O)O. The maximum atomic E-state index is 9.10. The zero-order valence-electron chi connectivity index (χ0n) is 16.5. The molecule has 0 aliphatic rings. The zero-order valence-corrected chi connectivity index (χ0v) is 16.5. The highest BCUT2D eigenvalue weighted by atomic mass is 16.5. The Morgan fingerprint density at radius 3 is 2.00 bits per heavy atom. The molecule has 0 atom stereocenters. The number of rotatable bonds is 12. The van der Waals surface area contributed by atoms with Crippen molar-refractivity contribution in [1.29, 1.82) is 0 Å². The van der Waals surface area contributed by atoms with Crippen LogP contribution < -0.4 is 0 Å². The van der Waals surface area contributed by atoms with Crippen LogP contribution in [0.3, 0.4) is 0 Å². The van der Waals surface area contributed by atoms with Crippen LogP contribution in [0.4, 0.5) is 0 Å². The predicted molar refractivity (Wildman–Crippen MR) is 108 cm³/mol. The Balaban J connectivity index is 0.000000972. The molecule has 0 heterocycles. The quantitative estimate of drug-likeness (QED) is 0.425. The van der Waals surface area contributed by atoms with E-state index >= 15 is 0 Å². The summed E-state index contributed by atoms with van der Waals surface area (Å²) in [5, 5.41) is 14.8. The van der Waals surface area contributed by atoms with E-state index in [0.29, 0.717) is 6.61 Å². The van der Waals surface area contributed by atoms with Crippen LogP contribution in [0.1, 0.15) is 45.1 Å². The minimum atomic E-state index is -1.82. The molecule has 6 heteroatoms. The van der Waals surface area contributed by atoms with E-state index in [1.165, 1.54) is 44.3 Å². The standard InChI is InChI=1S/C19H31NO.C2H2O4/c1-3-5-14-20(15-6-4-2)16-18-21-17-10-13-19-11-8-7-9-12-19;3-1(4)2(5)6/h7-13H,3-6,14-18H2,1-2H3;(H,3,4)(H,5,6)/b13-10+;. The normalized spacial score (nSPS) is 10.6. The highest BCUT2D eigenvalue weighted by Gasteiger charge is 2.04. The smallest absolute Gasteiger partial charge is 0.414 e. The lowest BCUT2D eigenvalue weighted by Crippen LogP contribution is -2.29. The summed E-state index contributed by atoms with van der Waals surface area (Å²) in [4.78, 5) is 20.7. The van der Waals surface area contributed by atoms with Gasteiger partial charge in [-0.2, -0.15) is 0 Å². The molecule has 0 fully saturated rings. The molecule has 0 aliphatic carbocycles. The first-order valence-electron chi connectivity index (χ1n) is 9.49. The fraction of sp³-hybridized carbons (Fsp3) is 0.524. The second kappa shape index (κ2) is 17.2. The molecule has 0 radical (unpaired) electrons. The number of hydrogen-bond donors (Lipinski definition) is 2. The Kier molecular flexibility index (Phi) is 15.9. The number of nitrogens with zero attached hydrogens (tertiary/aromatic N) is 1. The molecule has 27 heavy (non-hydrogen) atoms. The van der Waals surface area contributed by atoms with Crippen molar-refractivity contribution < 1.29 is 24.5 Å². The Hall–Kier alpha value is -2.18. The molecular weight excluding hydrogens is 346 g/mol. The van der Waals surface area contributed by atoms with Crippen LogP contribution in [0.5, 0.6) is 0 Å². The molecule has 0 aliphatic heterocycles. The molecule has 1 aromatic carbocycles. The third kappa shape index (κ3) is 15.8. The van der Waals surface area contributed by atoms with Gasteiger partial charge < -0.3 is 19.8 Å². The molecule has 0 saturated carbocycles. The van der Waals surface area contributed by atoms with Gasteiger partial charge in [-0.25, -0.2) is 9.59 Å². The van der Waals surface area contributed by atoms with Gasteiger partial charge in [0.15, 0.2) is 0 Å². The van der Waals surface area contributed by atoms with Gasteiger partial charge in [-0.3, -0.25) is 0 Å². The summed E-state index contributed by atoms with van der Waals surface area (Å²) in [6, 6.07) is 10.4. The minimum Gasteiger partial charge on any atom is -0.473 e. The number of carboxylic acids is 2. The minimum absolute atomic E-state index is 0.699. The van der Waals surface area contributed by atoms with Crippen LogP contribution in [0, 0.1) is 0 Å². The van der Waals surface area contributed by atoms with E-state index in [4.69, 9.17) is 24.5 Å². The van der Waals surface area contributed by atoms with Crippen LogP contribution in [-0.4, -0.2) is 59.9 Å². The van der Waals surface area contributed by atoms with Gasteiger partial charge in [-0.05, 0) is 31.5 Å². The summed E-state index contributed by atoms with van der Waals surface area (Å²) in [7, 11) is 0. The van der Waals surface area contributed by atoms with Crippen LogP contribution >= 0.6 is 0 Å². The van der Waals surface area contributed by atoms with Gasteiger partial charge in [0.2, 0.25) is 0 Å². The molecule has 0 saturated heterocycles. The lowest BCUT2D eigenvalue weighted by Gasteiger charge is -2.21. The zero-order chi connectivity index (χ0) is 20.3. The molecule has 0 aromatic heterocycles. The summed E-state index contributed by atoms with van der Waals surface area (Å²) in [5.41, 5.74) is 1.23. The molecule has 1 aromatic rings. The van der Waals surface area contributed by atoms with Gasteiger partial charge in [0, 0.05) is 6.54 Å². The molecule has 0 spiro atoms. The Morgan fingerprint density at radius 2 is 1.52 bits per heavy atom. The van der Waals surface area contributed by atoms with E-state index < -0.39 is 11.9 Å². The van der Waals surface area contributed by atoms with Gasteiger partial charge in [0.1, 0.15) is 0 Å². The second-order valence-electron chi connectivity index (χ2n) is 6.05. The third-order valence-corrected chi connectivity index (χ3v) is 3.71. The number of aliphatic carboxylic acids is 2. The van der Waals surface area contributed by atoms with Gasteiger partial charge in [0.05, 0.1) is 13.2 Å². The van der Waals surface area contributed by atoms with Crippen LogP contribution in [-0.2, 0) is 14.3 Å². The number of hydrogen-bond acceptors (Lipinski definition) is 4. The van der Waals surface area contributed by atoms with Crippen LogP contribution in [0.25, 0.3) is 6.08 Å². The van der Waals surface area contributed by atoms with E-state index in [2.05, 4.69) is 55.2 Å². The topological polar surface area (TPSA) is 87.1 Å². The van der Waals surface area contributed by atoms with Crippen molar-refractivity contribution in [3.8, 4) is 0 Å². The van der Waals surface area contributed by atoms with Crippen molar-refractivity contribution in [2.24, 2.45) is 0 Å². The number of carbonyl (C=O) groups is 2. The van der Waals surface area contributed by atoms with E-state index in [1.807, 2.05) is 6.07 Å². The van der Waals surface area contributed by atoms with E-state index in [0.717, 1.165) is 13.2 Å². The fourth-order valence-corrected chi connectivity index (χ4v) is 2.19. The van der Waals surface area contributed by atoms with Gasteiger partial charge in [-0.15, -0.1) is 0 Å². The first kappa shape index (κ1) is 24.8. The van der Waals surface area contributed by atoms with Crippen molar-refractivity contribution in [2.75, 3.05) is 32.8 Å². The number of benzene rings is 1.